The minimum Gasteiger partial charge on any atom is -0.323 e. The van der Waals surface area contributed by atoms with Crippen LogP contribution in [0.1, 0.15) is 32.0 Å². The van der Waals surface area contributed by atoms with E-state index in [0.717, 1.165) is 50.2 Å². The van der Waals surface area contributed by atoms with Gasteiger partial charge in [-0.05, 0) is 31.9 Å². The molecule has 1 atom stereocenters. The lowest BCUT2D eigenvalue weighted by molar-refractivity contribution is -0.115. The molecular weight excluding hydrogens is 353 g/mol. The number of carbonyl (C=O) groups is 1. The molecule has 25 heavy (non-hydrogen) atoms. The van der Waals surface area contributed by atoms with Gasteiger partial charge < -0.3 is 9.88 Å². The van der Waals surface area contributed by atoms with E-state index >= 15 is 0 Å². The fourth-order valence-electron chi connectivity index (χ4n) is 2.61. The van der Waals surface area contributed by atoms with E-state index in [2.05, 4.69) is 15.5 Å². The van der Waals surface area contributed by atoms with Gasteiger partial charge in [0.05, 0.1) is 10.9 Å². The number of carbonyl (C=O) groups excluding carboxylic acids is 1. The lowest BCUT2D eigenvalue weighted by Gasteiger charge is -2.13. The third-order valence-corrected chi connectivity index (χ3v) is 5.10. The highest BCUT2D eigenvalue weighted by Crippen LogP contribution is 2.27. The van der Waals surface area contributed by atoms with E-state index in [0.29, 0.717) is 5.16 Å². The molecule has 2 heterocycles. The van der Waals surface area contributed by atoms with Crippen molar-refractivity contribution in [3.8, 4) is 0 Å². The SMILES string of the molecule is C[C@H](Sc1nnc2n1CCCCC2)C(=O)Nc1ccc(F)c(F)c1F. The highest BCUT2D eigenvalue weighted by molar-refractivity contribution is 8.00. The third kappa shape index (κ3) is 3.81. The second kappa shape index (κ2) is 7.47. The standard InChI is InChI=1S/C16H17F3N4OS/c1-9(15(24)20-11-7-6-10(17)13(18)14(11)19)25-16-22-21-12-5-3-2-4-8-23(12)16/h6-7,9H,2-5,8H2,1H3,(H,20,24)/t9-/m0/s1. The van der Waals surface area contributed by atoms with Crippen molar-refractivity contribution in [1.82, 2.24) is 14.8 Å². The normalized spacial score (nSPS) is 15.4. The maximum absolute atomic E-state index is 13.7. The summed E-state index contributed by atoms with van der Waals surface area (Å²) in [5, 5.41) is 10.6. The van der Waals surface area contributed by atoms with Crippen LogP contribution in [0.5, 0.6) is 0 Å². The van der Waals surface area contributed by atoms with Crippen LogP contribution in [0.2, 0.25) is 0 Å². The molecule has 1 N–H and O–H groups in total. The third-order valence-electron chi connectivity index (χ3n) is 4.02. The Hall–Kier alpha value is -2.03. The number of anilines is 1. The van der Waals surface area contributed by atoms with Gasteiger partial charge in [-0.2, -0.15) is 0 Å². The Labute approximate surface area is 147 Å². The van der Waals surface area contributed by atoms with E-state index in [-0.39, 0.29) is 0 Å². The molecular formula is C16H17F3N4OS. The largest absolute Gasteiger partial charge is 0.323 e. The Morgan fingerprint density at radius 3 is 2.80 bits per heavy atom. The summed E-state index contributed by atoms with van der Waals surface area (Å²) in [6.45, 7) is 2.44. The van der Waals surface area contributed by atoms with Crippen molar-refractivity contribution in [3.63, 3.8) is 0 Å². The number of aromatic nitrogens is 3. The van der Waals surface area contributed by atoms with Crippen molar-refractivity contribution < 1.29 is 18.0 Å². The number of amides is 1. The number of rotatable bonds is 4. The summed E-state index contributed by atoms with van der Waals surface area (Å²) in [6, 6.07) is 1.76. The summed E-state index contributed by atoms with van der Waals surface area (Å²) in [5.41, 5.74) is -0.392. The van der Waals surface area contributed by atoms with E-state index in [1.165, 1.54) is 11.8 Å². The number of thioether (sulfide) groups is 1. The summed E-state index contributed by atoms with van der Waals surface area (Å²) in [5.74, 6) is -3.95. The van der Waals surface area contributed by atoms with Gasteiger partial charge in [-0.1, -0.05) is 18.2 Å². The number of aryl methyl sites for hydroxylation is 1. The van der Waals surface area contributed by atoms with Gasteiger partial charge in [-0.15, -0.1) is 10.2 Å². The highest BCUT2D eigenvalue weighted by atomic mass is 32.2. The van der Waals surface area contributed by atoms with Crippen LogP contribution >= 0.6 is 11.8 Å². The molecule has 1 aromatic carbocycles. The molecule has 5 nitrogen and oxygen atoms in total. The van der Waals surface area contributed by atoms with Crippen LogP contribution in [0, 0.1) is 17.5 Å². The quantitative estimate of drug-likeness (QED) is 0.661. The minimum atomic E-state index is -1.61. The first kappa shape index (κ1) is 17.8. The molecule has 0 aliphatic carbocycles. The van der Waals surface area contributed by atoms with Gasteiger partial charge in [-0.3, -0.25) is 4.79 Å². The minimum absolute atomic E-state index is 0.392. The van der Waals surface area contributed by atoms with E-state index in [1.807, 2.05) is 4.57 Å². The zero-order valence-electron chi connectivity index (χ0n) is 13.6. The molecule has 1 amide bonds. The molecule has 0 saturated carbocycles. The van der Waals surface area contributed by atoms with Gasteiger partial charge in [0.25, 0.3) is 0 Å². The average Bonchev–Trinajstić information content (AvgIpc) is 2.82. The smallest absolute Gasteiger partial charge is 0.237 e. The van der Waals surface area contributed by atoms with Gasteiger partial charge in [-0.25, -0.2) is 13.2 Å². The van der Waals surface area contributed by atoms with Gasteiger partial charge in [0.15, 0.2) is 22.6 Å². The Kier molecular flexibility index (Phi) is 5.31. The summed E-state index contributed by atoms with van der Waals surface area (Å²) in [6.07, 6.45) is 4.07. The van der Waals surface area contributed by atoms with Crippen molar-refractivity contribution in [2.45, 2.75) is 49.6 Å². The van der Waals surface area contributed by atoms with Gasteiger partial charge in [0.1, 0.15) is 5.82 Å². The maximum atomic E-state index is 13.7. The predicted octanol–water partition coefficient (Wildman–Crippen LogP) is 3.54. The second-order valence-corrected chi connectivity index (χ2v) is 7.14. The van der Waals surface area contributed by atoms with E-state index < -0.39 is 34.3 Å². The number of benzene rings is 1. The topological polar surface area (TPSA) is 59.8 Å². The zero-order chi connectivity index (χ0) is 18.0. The Balaban J connectivity index is 1.70. The van der Waals surface area contributed by atoms with Crippen LogP contribution in [-0.2, 0) is 17.8 Å². The first-order valence-corrected chi connectivity index (χ1v) is 8.88. The van der Waals surface area contributed by atoms with Crippen LogP contribution in [0.4, 0.5) is 18.9 Å². The number of nitrogens with one attached hydrogen (secondary N) is 1. The molecule has 1 aromatic heterocycles. The van der Waals surface area contributed by atoms with Crippen LogP contribution in [0.15, 0.2) is 17.3 Å². The first-order chi connectivity index (χ1) is 12.0. The lowest BCUT2D eigenvalue weighted by Crippen LogP contribution is -2.24. The van der Waals surface area contributed by atoms with Crippen molar-refractivity contribution in [1.29, 1.82) is 0 Å². The fraction of sp³-hybridized carbons (Fsp3) is 0.438. The highest BCUT2D eigenvalue weighted by Gasteiger charge is 2.23. The van der Waals surface area contributed by atoms with Crippen LogP contribution < -0.4 is 5.32 Å². The van der Waals surface area contributed by atoms with Crippen LogP contribution in [-0.4, -0.2) is 25.9 Å². The first-order valence-electron chi connectivity index (χ1n) is 8.00. The summed E-state index contributed by atoms with van der Waals surface area (Å²) in [7, 11) is 0. The van der Waals surface area contributed by atoms with Crippen molar-refractivity contribution in [2.24, 2.45) is 0 Å². The van der Waals surface area contributed by atoms with Crippen molar-refractivity contribution in [2.75, 3.05) is 5.32 Å². The van der Waals surface area contributed by atoms with Crippen molar-refractivity contribution in [3.05, 3.63) is 35.4 Å². The van der Waals surface area contributed by atoms with Gasteiger partial charge >= 0.3 is 0 Å². The molecule has 0 spiro atoms. The number of fused-ring (bicyclic) bond motifs is 1. The fourth-order valence-corrected chi connectivity index (χ4v) is 3.51. The molecule has 1 aliphatic rings. The Morgan fingerprint density at radius 2 is 2.00 bits per heavy atom. The molecule has 0 bridgehead atoms. The molecule has 1 aliphatic heterocycles. The number of nitrogens with zero attached hydrogens (tertiary/aromatic N) is 3. The Bertz CT molecular complexity index is 796. The molecule has 134 valence electrons. The molecule has 2 aromatic rings. The maximum Gasteiger partial charge on any atom is 0.237 e. The molecule has 0 radical (unpaired) electrons. The summed E-state index contributed by atoms with van der Waals surface area (Å²) >= 11 is 1.20. The zero-order valence-corrected chi connectivity index (χ0v) is 14.4. The van der Waals surface area contributed by atoms with Gasteiger partial charge in [0.2, 0.25) is 5.91 Å². The molecule has 0 unspecified atom stereocenters. The average molecular weight is 370 g/mol. The molecule has 3 rings (SSSR count). The number of hydrogen-bond acceptors (Lipinski definition) is 4. The van der Waals surface area contributed by atoms with Crippen LogP contribution in [0.25, 0.3) is 0 Å². The Morgan fingerprint density at radius 1 is 1.20 bits per heavy atom. The molecule has 0 saturated heterocycles. The van der Waals surface area contributed by atoms with Crippen molar-refractivity contribution >= 4 is 23.4 Å². The van der Waals surface area contributed by atoms with Crippen LogP contribution in [0.3, 0.4) is 0 Å². The van der Waals surface area contributed by atoms with E-state index in [1.54, 1.807) is 6.92 Å². The van der Waals surface area contributed by atoms with Gasteiger partial charge in [0, 0.05) is 13.0 Å². The second-order valence-electron chi connectivity index (χ2n) is 5.83. The monoisotopic (exact) mass is 370 g/mol. The summed E-state index contributed by atoms with van der Waals surface area (Å²) < 4.78 is 41.9. The van der Waals surface area contributed by atoms with E-state index in [4.69, 9.17) is 0 Å². The summed E-state index contributed by atoms with van der Waals surface area (Å²) in [4.78, 5) is 12.3. The predicted molar refractivity (Wildman–Crippen MR) is 87.8 cm³/mol. The molecule has 0 fully saturated rings. The molecule has 9 heteroatoms. The number of hydrogen-bond donors (Lipinski definition) is 1. The lowest BCUT2D eigenvalue weighted by atomic mass is 10.2. The number of halogens is 3. The van der Waals surface area contributed by atoms with E-state index in [9.17, 15) is 18.0 Å².